The Morgan fingerprint density at radius 2 is 2.37 bits per heavy atom. The van der Waals surface area contributed by atoms with Crippen LogP contribution in [0.4, 0.5) is 5.82 Å². The number of nitroso groups, excluding NO2 is 1. The van der Waals surface area contributed by atoms with E-state index >= 15 is 0 Å². The Balaban J connectivity index is 2.39. The molecule has 4 atom stereocenters. The van der Waals surface area contributed by atoms with E-state index in [0.717, 1.165) is 4.57 Å². The van der Waals surface area contributed by atoms with E-state index < -0.39 is 29.7 Å². The first-order chi connectivity index (χ1) is 8.87. The van der Waals surface area contributed by atoms with E-state index in [2.05, 4.69) is 10.2 Å². The van der Waals surface area contributed by atoms with Gasteiger partial charge in [-0.3, -0.25) is 4.57 Å². The second-order valence-electron chi connectivity index (χ2n) is 4.55. The predicted octanol–water partition coefficient (Wildman–Crippen LogP) is -1.40. The van der Waals surface area contributed by atoms with Gasteiger partial charge in [0.15, 0.2) is 6.23 Å². The van der Waals surface area contributed by atoms with E-state index in [0.29, 0.717) is 0 Å². The number of nitrogen functional groups attached to an aromatic ring is 1. The third-order valence-corrected chi connectivity index (χ3v) is 3.11. The zero-order valence-corrected chi connectivity index (χ0v) is 10.1. The van der Waals surface area contributed by atoms with Gasteiger partial charge >= 0.3 is 5.69 Å². The number of ether oxygens (including phenoxy) is 1. The Morgan fingerprint density at radius 1 is 1.68 bits per heavy atom. The van der Waals surface area contributed by atoms with Gasteiger partial charge in [-0.2, -0.15) is 9.89 Å². The van der Waals surface area contributed by atoms with Crippen LogP contribution in [0.15, 0.2) is 22.2 Å². The summed E-state index contributed by atoms with van der Waals surface area (Å²) >= 11 is 0. The van der Waals surface area contributed by atoms with Crippen LogP contribution in [0, 0.1) is 4.91 Å². The van der Waals surface area contributed by atoms with Crippen LogP contribution in [0.5, 0.6) is 0 Å². The molecule has 4 N–H and O–H groups in total. The topological polar surface area (TPSA) is 140 Å². The van der Waals surface area contributed by atoms with Crippen molar-refractivity contribution in [2.45, 2.75) is 31.0 Å². The molecule has 2 heterocycles. The summed E-state index contributed by atoms with van der Waals surface area (Å²) in [6, 6.07) is 1.36. The summed E-state index contributed by atoms with van der Waals surface area (Å²) in [5.74, 6) is 0.0329. The molecule has 1 aliphatic rings. The molecule has 1 saturated heterocycles. The molecule has 1 aromatic heterocycles. The van der Waals surface area contributed by atoms with Crippen LogP contribution in [0.3, 0.4) is 0 Å². The molecule has 0 bridgehead atoms. The maximum absolute atomic E-state index is 11.7. The molecular formula is C10H14N4O5. The van der Waals surface area contributed by atoms with E-state index in [1.54, 1.807) is 0 Å². The van der Waals surface area contributed by atoms with Gasteiger partial charge in [0.25, 0.3) is 0 Å². The third kappa shape index (κ3) is 2.23. The zero-order chi connectivity index (χ0) is 14.2. The van der Waals surface area contributed by atoms with Crippen molar-refractivity contribution in [3.63, 3.8) is 0 Å². The highest BCUT2D eigenvalue weighted by atomic mass is 16.6. The fourth-order valence-electron chi connectivity index (χ4n) is 2.07. The van der Waals surface area contributed by atoms with Crippen LogP contribution < -0.4 is 11.4 Å². The SMILES string of the molecule is C[C@@]1(O)C(O)[C@@H](CN=O)O[C@H]1n1ccc(N)nc1=O. The highest BCUT2D eigenvalue weighted by Gasteiger charge is 2.53. The standard InChI is InChI=1S/C10H14N4O5/c1-10(17)7(15)5(4-12-18)19-8(10)14-3-2-6(11)13-9(14)16/h2-3,5,7-8,15,17H,4H2,1H3,(H2,11,13,16)/t5-,7?,8-,10-/m1/s1. The molecule has 0 saturated carbocycles. The minimum Gasteiger partial charge on any atom is -0.387 e. The molecule has 9 nitrogen and oxygen atoms in total. The molecule has 1 fully saturated rings. The maximum atomic E-state index is 11.7. The van der Waals surface area contributed by atoms with Crippen LogP contribution in [0.2, 0.25) is 0 Å². The number of aromatic nitrogens is 2. The van der Waals surface area contributed by atoms with Crippen molar-refractivity contribution in [2.24, 2.45) is 5.18 Å². The van der Waals surface area contributed by atoms with Crippen molar-refractivity contribution >= 4 is 5.82 Å². The summed E-state index contributed by atoms with van der Waals surface area (Å²) in [6.45, 7) is 0.973. The highest BCUT2D eigenvalue weighted by Crippen LogP contribution is 2.37. The van der Waals surface area contributed by atoms with Crippen molar-refractivity contribution in [1.82, 2.24) is 9.55 Å². The number of aliphatic hydroxyl groups excluding tert-OH is 1. The van der Waals surface area contributed by atoms with E-state index in [1.165, 1.54) is 19.2 Å². The van der Waals surface area contributed by atoms with Crippen LogP contribution >= 0.6 is 0 Å². The average molecular weight is 270 g/mol. The first-order valence-electron chi connectivity index (χ1n) is 5.57. The molecule has 0 radical (unpaired) electrons. The summed E-state index contributed by atoms with van der Waals surface area (Å²) in [6.07, 6.45) is -2.20. The lowest BCUT2D eigenvalue weighted by atomic mass is 9.96. The lowest BCUT2D eigenvalue weighted by Crippen LogP contribution is -2.46. The van der Waals surface area contributed by atoms with Crippen molar-refractivity contribution in [2.75, 3.05) is 12.3 Å². The average Bonchev–Trinajstić information content (AvgIpc) is 2.54. The van der Waals surface area contributed by atoms with E-state index in [9.17, 15) is 19.9 Å². The molecule has 104 valence electrons. The van der Waals surface area contributed by atoms with Crippen LogP contribution in [0.1, 0.15) is 13.2 Å². The van der Waals surface area contributed by atoms with Gasteiger partial charge in [-0.15, -0.1) is 0 Å². The number of rotatable bonds is 3. The predicted molar refractivity (Wildman–Crippen MR) is 64.1 cm³/mol. The van der Waals surface area contributed by atoms with E-state index in [4.69, 9.17) is 10.5 Å². The normalized spacial score (nSPS) is 34.4. The van der Waals surface area contributed by atoms with Crippen molar-refractivity contribution < 1.29 is 14.9 Å². The summed E-state index contributed by atoms with van der Waals surface area (Å²) in [7, 11) is 0. The molecule has 9 heteroatoms. The molecule has 1 aromatic rings. The molecule has 1 unspecified atom stereocenters. The van der Waals surface area contributed by atoms with Gasteiger partial charge in [-0.1, -0.05) is 5.18 Å². The van der Waals surface area contributed by atoms with Gasteiger partial charge in [-0.25, -0.2) is 4.79 Å². The summed E-state index contributed by atoms with van der Waals surface area (Å²) in [5, 5.41) is 22.7. The van der Waals surface area contributed by atoms with Gasteiger partial charge in [0.1, 0.15) is 30.2 Å². The summed E-state index contributed by atoms with van der Waals surface area (Å²) in [4.78, 5) is 25.5. The summed E-state index contributed by atoms with van der Waals surface area (Å²) < 4.78 is 6.33. The molecule has 19 heavy (non-hydrogen) atoms. The number of anilines is 1. The first-order valence-corrected chi connectivity index (χ1v) is 5.57. The van der Waals surface area contributed by atoms with Crippen molar-refractivity contribution in [3.05, 3.63) is 27.7 Å². The molecular weight excluding hydrogens is 256 g/mol. The van der Waals surface area contributed by atoms with Gasteiger partial charge < -0.3 is 20.7 Å². The Labute approximate surface area is 107 Å². The molecule has 0 spiro atoms. The third-order valence-electron chi connectivity index (χ3n) is 3.11. The molecule has 0 aromatic carbocycles. The molecule has 0 amide bonds. The molecule has 0 aliphatic carbocycles. The van der Waals surface area contributed by atoms with Crippen LogP contribution in [-0.2, 0) is 4.74 Å². The quantitative estimate of drug-likeness (QED) is 0.574. The number of nitrogens with two attached hydrogens (primary N) is 1. The highest BCUT2D eigenvalue weighted by molar-refractivity contribution is 5.23. The fourth-order valence-corrected chi connectivity index (χ4v) is 2.07. The Hall–Kier alpha value is -1.84. The Morgan fingerprint density at radius 3 is 2.95 bits per heavy atom. The second-order valence-corrected chi connectivity index (χ2v) is 4.55. The van der Waals surface area contributed by atoms with Crippen molar-refractivity contribution in [3.8, 4) is 0 Å². The first kappa shape index (κ1) is 13.6. The smallest absolute Gasteiger partial charge is 0.351 e. The number of hydrogen-bond donors (Lipinski definition) is 3. The Kier molecular flexibility index (Phi) is 3.35. The van der Waals surface area contributed by atoms with Crippen molar-refractivity contribution in [1.29, 1.82) is 0 Å². The minimum absolute atomic E-state index is 0.0329. The zero-order valence-electron chi connectivity index (χ0n) is 10.1. The van der Waals surface area contributed by atoms with Crippen LogP contribution in [0.25, 0.3) is 0 Å². The maximum Gasteiger partial charge on any atom is 0.351 e. The molecule has 1 aliphatic heterocycles. The van der Waals surface area contributed by atoms with Gasteiger partial charge in [0.2, 0.25) is 0 Å². The van der Waals surface area contributed by atoms with Gasteiger partial charge in [0, 0.05) is 6.20 Å². The number of hydrogen-bond acceptors (Lipinski definition) is 8. The van der Waals surface area contributed by atoms with Crippen LogP contribution in [-0.4, -0.2) is 44.1 Å². The van der Waals surface area contributed by atoms with Gasteiger partial charge in [-0.05, 0) is 13.0 Å². The largest absolute Gasteiger partial charge is 0.387 e. The molecule has 2 rings (SSSR count). The lowest BCUT2D eigenvalue weighted by Gasteiger charge is -2.27. The Bertz CT molecular complexity index is 543. The minimum atomic E-state index is -1.75. The number of aliphatic hydroxyl groups is 2. The van der Waals surface area contributed by atoms with E-state index in [1.807, 2.05) is 0 Å². The number of nitrogens with zero attached hydrogens (tertiary/aromatic N) is 3. The monoisotopic (exact) mass is 270 g/mol. The fraction of sp³-hybridized carbons (Fsp3) is 0.600. The van der Waals surface area contributed by atoms with Gasteiger partial charge in [0.05, 0.1) is 0 Å². The lowest BCUT2D eigenvalue weighted by molar-refractivity contribution is -0.0972. The second kappa shape index (κ2) is 4.68. The van der Waals surface area contributed by atoms with E-state index in [-0.39, 0.29) is 12.4 Å². The summed E-state index contributed by atoms with van der Waals surface area (Å²) in [5.41, 5.74) is 2.88.